The van der Waals surface area contributed by atoms with Crippen LogP contribution >= 0.6 is 0 Å². The summed E-state index contributed by atoms with van der Waals surface area (Å²) < 4.78 is 1.91. The van der Waals surface area contributed by atoms with Crippen molar-refractivity contribution in [3.05, 3.63) is 65.9 Å². The Morgan fingerprint density at radius 3 is 2.42 bits per heavy atom. The van der Waals surface area contributed by atoms with E-state index >= 15 is 0 Å². The molecule has 4 rings (SSSR count). The van der Waals surface area contributed by atoms with E-state index in [1.807, 2.05) is 64.2 Å². The van der Waals surface area contributed by atoms with Gasteiger partial charge in [0.1, 0.15) is 6.54 Å². The number of benzene rings is 2. The predicted octanol–water partition coefficient (Wildman–Crippen LogP) is 2.95. The molecule has 0 radical (unpaired) electrons. The molecule has 3 aromatic rings. The minimum Gasteiger partial charge on any atom is -0.347 e. The molecule has 3 amide bonds. The summed E-state index contributed by atoms with van der Waals surface area (Å²) in [5.41, 5.74) is 3.53. The molecule has 1 aliphatic heterocycles. The van der Waals surface area contributed by atoms with Crippen molar-refractivity contribution in [1.29, 1.82) is 5.26 Å². The van der Waals surface area contributed by atoms with Crippen LogP contribution in [0.5, 0.6) is 0 Å². The molecule has 0 aliphatic carbocycles. The van der Waals surface area contributed by atoms with E-state index in [4.69, 9.17) is 5.26 Å². The van der Waals surface area contributed by atoms with Crippen molar-refractivity contribution in [2.45, 2.75) is 13.1 Å². The molecule has 0 saturated carbocycles. The fourth-order valence-corrected chi connectivity index (χ4v) is 3.96. The topological polar surface area (TPSA) is 84.6 Å². The Morgan fingerprint density at radius 2 is 1.76 bits per heavy atom. The summed E-state index contributed by atoms with van der Waals surface area (Å²) in [4.78, 5) is 30.5. The van der Waals surface area contributed by atoms with Crippen LogP contribution in [0.3, 0.4) is 0 Å². The van der Waals surface area contributed by atoms with Crippen molar-refractivity contribution in [2.24, 2.45) is 0 Å². The number of amides is 3. The largest absolute Gasteiger partial charge is 0.347 e. The molecule has 8 heteroatoms. The van der Waals surface area contributed by atoms with Crippen LogP contribution in [0.25, 0.3) is 10.9 Å². The summed E-state index contributed by atoms with van der Waals surface area (Å²) in [6, 6.07) is 17.4. The Labute approximate surface area is 193 Å². The van der Waals surface area contributed by atoms with Gasteiger partial charge < -0.3 is 19.7 Å². The first kappa shape index (κ1) is 22.4. The van der Waals surface area contributed by atoms with Crippen molar-refractivity contribution in [3.8, 4) is 6.07 Å². The molecule has 1 aliphatic rings. The molecule has 33 heavy (non-hydrogen) atoms. The monoisotopic (exact) mass is 444 g/mol. The van der Waals surface area contributed by atoms with Crippen LogP contribution in [-0.2, 0) is 17.9 Å². The number of nitrogens with zero attached hydrogens (tertiary/aromatic N) is 5. The van der Waals surface area contributed by atoms with Gasteiger partial charge in [-0.05, 0) is 42.0 Å². The van der Waals surface area contributed by atoms with Crippen molar-refractivity contribution in [3.63, 3.8) is 0 Å². The Balaban J connectivity index is 1.31. The third-order valence-corrected chi connectivity index (χ3v) is 5.98. The van der Waals surface area contributed by atoms with E-state index in [1.165, 1.54) is 5.56 Å². The SMILES string of the molecule is CN(C)C(=O)Cn1ccc2cc(NC(=O)N3CCN(Cc4ccc(C#N)cc4)CC3)ccc21. The second kappa shape index (κ2) is 9.76. The van der Waals surface area contributed by atoms with Crippen LogP contribution in [0.1, 0.15) is 11.1 Å². The predicted molar refractivity (Wildman–Crippen MR) is 128 cm³/mol. The van der Waals surface area contributed by atoms with Crippen LogP contribution in [0, 0.1) is 11.3 Å². The number of anilines is 1. The van der Waals surface area contributed by atoms with Gasteiger partial charge in [-0.25, -0.2) is 4.79 Å². The number of urea groups is 1. The van der Waals surface area contributed by atoms with Gasteiger partial charge in [-0.1, -0.05) is 12.1 Å². The Hall–Kier alpha value is -3.83. The van der Waals surface area contributed by atoms with E-state index in [9.17, 15) is 9.59 Å². The lowest BCUT2D eigenvalue weighted by atomic mass is 10.1. The average Bonchev–Trinajstić information content (AvgIpc) is 3.21. The molecule has 2 aromatic carbocycles. The van der Waals surface area contributed by atoms with Crippen LogP contribution in [0.15, 0.2) is 54.7 Å². The van der Waals surface area contributed by atoms with Gasteiger partial charge in [0.25, 0.3) is 0 Å². The van der Waals surface area contributed by atoms with Crippen molar-refractivity contribution in [1.82, 2.24) is 19.3 Å². The summed E-state index contributed by atoms with van der Waals surface area (Å²) in [6.45, 7) is 4.02. The molecule has 1 fully saturated rings. The molecule has 1 saturated heterocycles. The lowest BCUT2D eigenvalue weighted by Gasteiger charge is -2.34. The van der Waals surface area contributed by atoms with E-state index in [1.54, 1.807) is 19.0 Å². The fourth-order valence-electron chi connectivity index (χ4n) is 3.96. The Bertz CT molecular complexity index is 1180. The minimum atomic E-state index is -0.102. The van der Waals surface area contributed by atoms with Gasteiger partial charge in [0, 0.05) is 69.6 Å². The zero-order chi connectivity index (χ0) is 23.4. The summed E-state index contributed by atoms with van der Waals surface area (Å²) >= 11 is 0. The van der Waals surface area contributed by atoms with Gasteiger partial charge in [-0.2, -0.15) is 5.26 Å². The maximum absolute atomic E-state index is 12.8. The maximum atomic E-state index is 12.8. The van der Waals surface area contributed by atoms with Gasteiger partial charge in [-0.3, -0.25) is 9.69 Å². The molecule has 170 valence electrons. The van der Waals surface area contributed by atoms with Gasteiger partial charge in [0.2, 0.25) is 5.91 Å². The average molecular weight is 445 g/mol. The van der Waals surface area contributed by atoms with E-state index in [2.05, 4.69) is 16.3 Å². The van der Waals surface area contributed by atoms with E-state index in [0.29, 0.717) is 18.7 Å². The Kier molecular flexibility index (Phi) is 6.61. The summed E-state index contributed by atoms with van der Waals surface area (Å²) in [6.07, 6.45) is 1.89. The molecule has 0 unspecified atom stereocenters. The smallest absolute Gasteiger partial charge is 0.321 e. The quantitative estimate of drug-likeness (QED) is 0.656. The van der Waals surface area contributed by atoms with Gasteiger partial charge in [-0.15, -0.1) is 0 Å². The minimum absolute atomic E-state index is 0.0307. The first-order valence-electron chi connectivity index (χ1n) is 11.0. The van der Waals surface area contributed by atoms with Crippen LogP contribution < -0.4 is 5.32 Å². The Morgan fingerprint density at radius 1 is 1.03 bits per heavy atom. The fraction of sp³-hybridized carbons (Fsp3) is 0.320. The number of carbonyl (C=O) groups is 2. The third-order valence-electron chi connectivity index (χ3n) is 5.98. The molecule has 0 atom stereocenters. The van der Waals surface area contributed by atoms with Gasteiger partial charge in [0.15, 0.2) is 0 Å². The number of rotatable bonds is 5. The van der Waals surface area contributed by atoms with Gasteiger partial charge in [0.05, 0.1) is 11.6 Å². The van der Waals surface area contributed by atoms with Crippen molar-refractivity contribution in [2.75, 3.05) is 45.6 Å². The van der Waals surface area contributed by atoms with Crippen molar-refractivity contribution < 1.29 is 9.59 Å². The van der Waals surface area contributed by atoms with Gasteiger partial charge >= 0.3 is 6.03 Å². The van der Waals surface area contributed by atoms with E-state index in [0.717, 1.165) is 36.2 Å². The number of hydrogen-bond donors (Lipinski definition) is 1. The molecular formula is C25H28N6O2. The van der Waals surface area contributed by atoms with Crippen LogP contribution in [0.4, 0.5) is 10.5 Å². The first-order chi connectivity index (χ1) is 15.9. The number of carbonyl (C=O) groups excluding carboxylic acids is 2. The first-order valence-corrected chi connectivity index (χ1v) is 11.0. The maximum Gasteiger partial charge on any atom is 0.321 e. The van der Waals surface area contributed by atoms with E-state index < -0.39 is 0 Å². The van der Waals surface area contributed by atoms with Crippen LogP contribution in [0.2, 0.25) is 0 Å². The second-order valence-corrected chi connectivity index (χ2v) is 8.51. The third kappa shape index (κ3) is 5.33. The summed E-state index contributed by atoms with van der Waals surface area (Å²) in [5, 5.41) is 12.9. The molecule has 1 aromatic heterocycles. The molecule has 8 nitrogen and oxygen atoms in total. The highest BCUT2D eigenvalue weighted by molar-refractivity contribution is 5.93. The number of nitrogens with one attached hydrogen (secondary N) is 1. The highest BCUT2D eigenvalue weighted by atomic mass is 16.2. The molecular weight excluding hydrogens is 416 g/mol. The highest BCUT2D eigenvalue weighted by Gasteiger charge is 2.21. The lowest BCUT2D eigenvalue weighted by molar-refractivity contribution is -0.129. The number of likely N-dealkylation sites (N-methyl/N-ethyl adjacent to an activating group) is 1. The zero-order valence-electron chi connectivity index (χ0n) is 19.0. The number of hydrogen-bond acceptors (Lipinski definition) is 4. The van der Waals surface area contributed by atoms with Crippen LogP contribution in [-0.4, -0.2) is 71.5 Å². The number of piperazine rings is 1. The molecule has 1 N–H and O–H groups in total. The normalized spacial score (nSPS) is 14.2. The number of aromatic nitrogens is 1. The summed E-state index contributed by atoms with van der Waals surface area (Å²) in [7, 11) is 3.49. The standard InChI is InChI=1S/C25H28N6O2/c1-28(2)24(32)18-31-10-9-21-15-22(7-8-23(21)31)27-25(33)30-13-11-29(12-14-30)17-20-5-3-19(16-26)4-6-20/h3-10,15H,11-14,17-18H2,1-2H3,(H,27,33). The summed E-state index contributed by atoms with van der Waals surface area (Å²) in [5.74, 6) is 0.0307. The van der Waals surface area contributed by atoms with Crippen molar-refractivity contribution >= 4 is 28.5 Å². The number of fused-ring (bicyclic) bond motifs is 1. The lowest BCUT2D eigenvalue weighted by Crippen LogP contribution is -2.49. The zero-order valence-corrected chi connectivity index (χ0v) is 19.0. The molecule has 2 heterocycles. The second-order valence-electron chi connectivity index (χ2n) is 8.51. The van der Waals surface area contributed by atoms with E-state index in [-0.39, 0.29) is 18.5 Å². The highest BCUT2D eigenvalue weighted by Crippen LogP contribution is 2.21. The molecule has 0 bridgehead atoms. The molecule has 0 spiro atoms. The number of nitriles is 1.